The molecule has 0 aliphatic heterocycles. The number of rotatable bonds is 6. The van der Waals surface area contributed by atoms with Crippen LogP contribution in [0.1, 0.15) is 33.3 Å². The Balaban J connectivity index is 2.00. The predicted molar refractivity (Wildman–Crippen MR) is 85.1 cm³/mol. The van der Waals surface area contributed by atoms with E-state index < -0.39 is 6.61 Å². The Hall–Kier alpha value is -1.91. The fourth-order valence-corrected chi connectivity index (χ4v) is 3.00. The molecule has 1 aliphatic carbocycles. The van der Waals surface area contributed by atoms with Gasteiger partial charge in [0.15, 0.2) is 0 Å². The van der Waals surface area contributed by atoms with Gasteiger partial charge in [0.25, 0.3) is 0 Å². The average molecular weight is 323 g/mol. The Bertz CT molecular complexity index is 607. The van der Waals surface area contributed by atoms with E-state index in [2.05, 4.69) is 30.0 Å². The van der Waals surface area contributed by atoms with Gasteiger partial charge in [0, 0.05) is 12.1 Å². The van der Waals surface area contributed by atoms with Gasteiger partial charge in [0.2, 0.25) is 5.91 Å². The zero-order valence-electron chi connectivity index (χ0n) is 13.9. The van der Waals surface area contributed by atoms with E-state index in [0.717, 1.165) is 0 Å². The van der Waals surface area contributed by atoms with Gasteiger partial charge in [-0.3, -0.25) is 4.79 Å². The zero-order chi connectivity index (χ0) is 17.2. The Morgan fingerprint density at radius 3 is 2.61 bits per heavy atom. The van der Waals surface area contributed by atoms with Gasteiger partial charge in [-0.05, 0) is 31.2 Å². The maximum atomic E-state index is 12.4. The molecule has 2 atom stereocenters. The van der Waals surface area contributed by atoms with E-state index in [4.69, 9.17) is 0 Å². The number of hydrogen-bond acceptors (Lipinski definition) is 2. The van der Waals surface area contributed by atoms with Crippen molar-refractivity contribution in [2.45, 2.75) is 40.9 Å². The molecule has 0 radical (unpaired) electrons. The number of carbonyl (C=O) groups excluding carboxylic acids is 1. The summed E-state index contributed by atoms with van der Waals surface area (Å²) in [4.78, 5) is 12.4. The lowest BCUT2D eigenvalue weighted by Crippen LogP contribution is -2.26. The molecule has 0 unspecified atom stereocenters. The maximum Gasteiger partial charge on any atom is 0.387 e. The van der Waals surface area contributed by atoms with Crippen molar-refractivity contribution in [2.75, 3.05) is 0 Å². The normalized spacial score (nSPS) is 21.7. The molecular formula is C18H23F2NO2. The van der Waals surface area contributed by atoms with Crippen molar-refractivity contribution < 1.29 is 18.3 Å². The van der Waals surface area contributed by atoms with E-state index in [-0.39, 0.29) is 35.5 Å². The van der Waals surface area contributed by atoms with Crippen LogP contribution in [-0.2, 0) is 11.3 Å². The minimum absolute atomic E-state index is 0.0515. The Kier molecular flexibility index (Phi) is 5.07. The first-order valence-corrected chi connectivity index (χ1v) is 7.69. The summed E-state index contributed by atoms with van der Waals surface area (Å²) >= 11 is 0. The van der Waals surface area contributed by atoms with Gasteiger partial charge < -0.3 is 10.1 Å². The van der Waals surface area contributed by atoms with Gasteiger partial charge in [-0.1, -0.05) is 43.7 Å². The molecule has 1 saturated carbocycles. The van der Waals surface area contributed by atoms with Crippen molar-refractivity contribution in [3.8, 4) is 5.75 Å². The quantitative estimate of drug-likeness (QED) is 0.799. The summed E-state index contributed by atoms with van der Waals surface area (Å²) in [6.07, 6.45) is 2.12. The highest BCUT2D eigenvalue weighted by molar-refractivity contribution is 5.83. The van der Waals surface area contributed by atoms with E-state index in [9.17, 15) is 13.6 Å². The van der Waals surface area contributed by atoms with Gasteiger partial charge in [0.05, 0.1) is 5.92 Å². The number of amides is 1. The molecule has 23 heavy (non-hydrogen) atoms. The predicted octanol–water partition coefficient (Wildman–Crippen LogP) is 4.14. The molecule has 0 saturated heterocycles. The van der Waals surface area contributed by atoms with Crippen LogP contribution >= 0.6 is 0 Å². The highest BCUT2D eigenvalue weighted by Gasteiger charge is 2.60. The number of alkyl halides is 2. The standard InChI is InChI=1S/C18H23F2NO2/c1-11(2)9-13-15(18(13,3)4)16(22)21-10-12-7-5-6-8-14(12)23-17(19)20/h5-9,13,15,17H,10H2,1-4H3,(H,21,22)/t13-,15-/m0/s1. The van der Waals surface area contributed by atoms with E-state index in [1.54, 1.807) is 18.2 Å². The fourth-order valence-electron chi connectivity index (χ4n) is 3.00. The summed E-state index contributed by atoms with van der Waals surface area (Å²) < 4.78 is 29.3. The van der Waals surface area contributed by atoms with Crippen LogP contribution in [0.25, 0.3) is 0 Å². The molecule has 0 heterocycles. The molecule has 1 aromatic rings. The first-order chi connectivity index (χ1) is 10.7. The molecule has 0 bridgehead atoms. The number of nitrogens with one attached hydrogen (secondary N) is 1. The van der Waals surface area contributed by atoms with Crippen molar-refractivity contribution in [1.82, 2.24) is 5.32 Å². The largest absolute Gasteiger partial charge is 0.434 e. The molecule has 0 spiro atoms. The molecule has 1 aliphatic rings. The van der Waals surface area contributed by atoms with Crippen LogP contribution in [0.4, 0.5) is 8.78 Å². The first kappa shape index (κ1) is 17.4. The molecule has 1 fully saturated rings. The summed E-state index contributed by atoms with van der Waals surface area (Å²) in [7, 11) is 0. The average Bonchev–Trinajstić information content (AvgIpc) is 2.97. The number of halogens is 2. The molecule has 1 N–H and O–H groups in total. The van der Waals surface area contributed by atoms with Crippen LogP contribution in [-0.4, -0.2) is 12.5 Å². The number of hydrogen-bond donors (Lipinski definition) is 1. The number of ether oxygens (including phenoxy) is 1. The van der Waals surface area contributed by atoms with Crippen LogP contribution in [0, 0.1) is 17.3 Å². The second-order valence-electron chi connectivity index (χ2n) is 6.77. The smallest absolute Gasteiger partial charge is 0.387 e. The second-order valence-corrected chi connectivity index (χ2v) is 6.77. The summed E-state index contributed by atoms with van der Waals surface area (Å²) in [5, 5.41) is 2.84. The topological polar surface area (TPSA) is 38.3 Å². The van der Waals surface area contributed by atoms with Crippen molar-refractivity contribution in [2.24, 2.45) is 17.3 Å². The van der Waals surface area contributed by atoms with Crippen LogP contribution < -0.4 is 10.1 Å². The van der Waals surface area contributed by atoms with Crippen molar-refractivity contribution in [3.05, 3.63) is 41.5 Å². The summed E-state index contributed by atoms with van der Waals surface area (Å²) in [5.41, 5.74) is 1.66. The first-order valence-electron chi connectivity index (χ1n) is 7.69. The van der Waals surface area contributed by atoms with Crippen LogP contribution in [0.5, 0.6) is 5.75 Å². The molecule has 1 amide bonds. The molecule has 5 heteroatoms. The fraction of sp³-hybridized carbons (Fsp3) is 0.500. The maximum absolute atomic E-state index is 12.4. The van der Waals surface area contributed by atoms with Crippen molar-refractivity contribution in [3.63, 3.8) is 0 Å². The van der Waals surface area contributed by atoms with Gasteiger partial charge in [-0.2, -0.15) is 8.78 Å². The second kappa shape index (κ2) is 6.69. The lowest BCUT2D eigenvalue weighted by Gasteiger charge is -2.11. The number of carbonyl (C=O) groups is 1. The molecule has 126 valence electrons. The summed E-state index contributed by atoms with van der Waals surface area (Å²) in [6.45, 7) is 5.46. The van der Waals surface area contributed by atoms with Gasteiger partial charge in [-0.25, -0.2) is 0 Å². The summed E-state index contributed by atoms with van der Waals surface area (Å²) in [5.74, 6) is 0.184. The third-order valence-corrected chi connectivity index (χ3v) is 4.35. The van der Waals surface area contributed by atoms with Crippen molar-refractivity contribution in [1.29, 1.82) is 0 Å². The monoisotopic (exact) mass is 323 g/mol. The molecule has 1 aromatic carbocycles. The minimum Gasteiger partial charge on any atom is -0.434 e. The lowest BCUT2D eigenvalue weighted by molar-refractivity contribution is -0.123. The van der Waals surface area contributed by atoms with Gasteiger partial charge in [0.1, 0.15) is 5.75 Å². The third-order valence-electron chi connectivity index (χ3n) is 4.35. The highest BCUT2D eigenvalue weighted by atomic mass is 19.3. The van der Waals surface area contributed by atoms with E-state index >= 15 is 0 Å². The van der Waals surface area contributed by atoms with Gasteiger partial charge >= 0.3 is 6.61 Å². The van der Waals surface area contributed by atoms with Crippen LogP contribution in [0.2, 0.25) is 0 Å². The Morgan fingerprint density at radius 1 is 1.35 bits per heavy atom. The lowest BCUT2D eigenvalue weighted by atomic mass is 10.1. The number of benzene rings is 1. The third kappa shape index (κ3) is 4.09. The zero-order valence-corrected chi connectivity index (χ0v) is 13.9. The highest BCUT2D eigenvalue weighted by Crippen LogP contribution is 2.59. The number of allylic oxidation sites excluding steroid dienone is 2. The Labute approximate surface area is 135 Å². The minimum atomic E-state index is -2.88. The van der Waals surface area contributed by atoms with E-state index in [1.807, 2.05) is 13.8 Å². The van der Waals surface area contributed by atoms with Gasteiger partial charge in [-0.15, -0.1) is 0 Å². The molecule has 3 nitrogen and oxygen atoms in total. The van der Waals surface area contributed by atoms with Crippen LogP contribution in [0.15, 0.2) is 35.9 Å². The number of para-hydroxylation sites is 1. The van der Waals surface area contributed by atoms with Crippen molar-refractivity contribution >= 4 is 5.91 Å². The Morgan fingerprint density at radius 2 is 2.00 bits per heavy atom. The molecule has 0 aromatic heterocycles. The van der Waals surface area contributed by atoms with E-state index in [1.165, 1.54) is 11.6 Å². The molecular weight excluding hydrogens is 300 g/mol. The van der Waals surface area contributed by atoms with Crippen LogP contribution in [0.3, 0.4) is 0 Å². The molecule has 2 rings (SSSR count). The summed E-state index contributed by atoms with van der Waals surface area (Å²) in [6, 6.07) is 6.50. The van der Waals surface area contributed by atoms with E-state index in [0.29, 0.717) is 5.56 Å². The SMILES string of the molecule is CC(C)=C[C@H]1[C@@H](C(=O)NCc2ccccc2OC(F)F)C1(C)C.